The van der Waals surface area contributed by atoms with Gasteiger partial charge in [-0.15, -0.1) is 0 Å². The maximum Gasteiger partial charge on any atom is 0.273 e. The molecule has 0 fully saturated rings. The summed E-state index contributed by atoms with van der Waals surface area (Å²) in [5.41, 5.74) is 1.67. The Bertz CT molecular complexity index is 719. The quantitative estimate of drug-likeness (QED) is 0.644. The minimum atomic E-state index is -0.473. The monoisotopic (exact) mass is 322 g/mol. The fraction of sp³-hybridized carbons (Fsp3) is 0.200. The van der Waals surface area contributed by atoms with Crippen LogP contribution in [-0.2, 0) is 6.54 Å². The number of methoxy groups -OCH3 is 1. The average molecular weight is 323 g/mol. The number of nitrogens with one attached hydrogen (secondary N) is 1. The molecule has 2 aromatic rings. The normalized spacial score (nSPS) is 10.3. The molecule has 0 aliphatic carbocycles. The van der Waals surface area contributed by atoms with Crippen molar-refractivity contribution in [2.45, 2.75) is 13.5 Å². The number of halogens is 1. The van der Waals surface area contributed by atoms with Crippen molar-refractivity contribution in [2.75, 3.05) is 12.4 Å². The fourth-order valence-corrected chi connectivity index (χ4v) is 2.29. The molecule has 0 amide bonds. The van der Waals surface area contributed by atoms with Crippen LogP contribution in [0.3, 0.4) is 0 Å². The number of nitrogens with zero attached hydrogens (tertiary/aromatic N) is 1. The fourth-order valence-electron chi connectivity index (χ4n) is 2.07. The first kappa shape index (κ1) is 15.9. The topological polar surface area (TPSA) is 84.6 Å². The summed E-state index contributed by atoms with van der Waals surface area (Å²) in [6.45, 7) is 1.95. The van der Waals surface area contributed by atoms with Gasteiger partial charge in [0.05, 0.1) is 22.7 Å². The molecule has 0 spiro atoms. The lowest BCUT2D eigenvalue weighted by Crippen LogP contribution is -2.02. The van der Waals surface area contributed by atoms with Crippen molar-refractivity contribution in [3.8, 4) is 11.5 Å². The van der Waals surface area contributed by atoms with Gasteiger partial charge in [0.25, 0.3) is 5.69 Å². The molecule has 0 atom stereocenters. The van der Waals surface area contributed by atoms with Crippen LogP contribution in [0.1, 0.15) is 11.1 Å². The second-order valence-corrected chi connectivity index (χ2v) is 5.10. The van der Waals surface area contributed by atoms with Crippen LogP contribution in [0.25, 0.3) is 0 Å². The number of benzene rings is 2. The van der Waals surface area contributed by atoms with E-state index in [2.05, 4.69) is 5.32 Å². The van der Waals surface area contributed by atoms with Gasteiger partial charge in [-0.25, -0.2) is 0 Å². The maximum absolute atomic E-state index is 10.9. The molecule has 7 heteroatoms. The lowest BCUT2D eigenvalue weighted by Gasteiger charge is -2.12. The first-order chi connectivity index (χ1) is 10.4. The molecule has 0 saturated heterocycles. The number of phenols is 1. The molecule has 22 heavy (non-hydrogen) atoms. The zero-order valence-electron chi connectivity index (χ0n) is 12.1. The highest BCUT2D eigenvalue weighted by molar-refractivity contribution is 6.33. The summed E-state index contributed by atoms with van der Waals surface area (Å²) >= 11 is 6.06. The van der Waals surface area contributed by atoms with E-state index in [0.717, 1.165) is 0 Å². The van der Waals surface area contributed by atoms with Crippen molar-refractivity contribution < 1.29 is 14.8 Å². The predicted molar refractivity (Wildman–Crippen MR) is 84.8 cm³/mol. The average Bonchev–Trinajstić information content (AvgIpc) is 2.48. The van der Waals surface area contributed by atoms with Gasteiger partial charge in [-0.05, 0) is 19.1 Å². The van der Waals surface area contributed by atoms with Crippen LogP contribution in [0.4, 0.5) is 11.4 Å². The molecule has 0 saturated carbocycles. The number of nitro benzene ring substituents is 1. The van der Waals surface area contributed by atoms with Crippen molar-refractivity contribution in [2.24, 2.45) is 0 Å². The number of hydrogen-bond acceptors (Lipinski definition) is 5. The molecule has 2 rings (SSSR count). The summed E-state index contributed by atoms with van der Waals surface area (Å²) < 4.78 is 5.04. The Hall–Kier alpha value is -2.47. The summed E-state index contributed by atoms with van der Waals surface area (Å²) in [5, 5.41) is 24.2. The van der Waals surface area contributed by atoms with Gasteiger partial charge in [0.2, 0.25) is 0 Å². The van der Waals surface area contributed by atoms with Gasteiger partial charge < -0.3 is 15.2 Å². The molecule has 0 aliphatic heterocycles. The van der Waals surface area contributed by atoms with Gasteiger partial charge in [0, 0.05) is 23.7 Å². The van der Waals surface area contributed by atoms with E-state index in [1.165, 1.54) is 13.2 Å². The number of phenolic OH excluding ortho intramolecular Hbond substituents is 1. The summed E-state index contributed by atoms with van der Waals surface area (Å²) in [6, 6.07) is 8.08. The molecule has 116 valence electrons. The molecule has 2 N–H and O–H groups in total. The molecule has 0 radical (unpaired) electrons. The van der Waals surface area contributed by atoms with E-state index >= 15 is 0 Å². The molecule has 0 aromatic heterocycles. The lowest BCUT2D eigenvalue weighted by molar-refractivity contribution is -0.385. The van der Waals surface area contributed by atoms with E-state index in [0.29, 0.717) is 29.1 Å². The maximum atomic E-state index is 10.9. The third kappa shape index (κ3) is 3.23. The van der Waals surface area contributed by atoms with Crippen LogP contribution in [-0.4, -0.2) is 17.1 Å². The smallest absolute Gasteiger partial charge is 0.273 e. The summed E-state index contributed by atoms with van der Waals surface area (Å²) in [7, 11) is 1.48. The predicted octanol–water partition coefficient (Wildman–Crippen LogP) is 3.88. The van der Waals surface area contributed by atoms with Gasteiger partial charge in [0.1, 0.15) is 0 Å². The summed E-state index contributed by atoms with van der Waals surface area (Å²) in [4.78, 5) is 10.4. The zero-order chi connectivity index (χ0) is 16.3. The Morgan fingerprint density at radius 2 is 2.14 bits per heavy atom. The van der Waals surface area contributed by atoms with Gasteiger partial charge in [-0.2, -0.15) is 0 Å². The summed E-state index contributed by atoms with van der Waals surface area (Å²) in [6.07, 6.45) is 0. The molecular formula is C15H15ClN2O4. The van der Waals surface area contributed by atoms with Crippen LogP contribution in [0.5, 0.6) is 11.5 Å². The second kappa shape index (κ2) is 6.53. The van der Waals surface area contributed by atoms with E-state index in [1.807, 2.05) is 0 Å². The van der Waals surface area contributed by atoms with Crippen molar-refractivity contribution in [3.05, 3.63) is 56.6 Å². The van der Waals surface area contributed by atoms with E-state index < -0.39 is 4.92 Å². The zero-order valence-corrected chi connectivity index (χ0v) is 12.8. The first-order valence-corrected chi connectivity index (χ1v) is 6.85. The largest absolute Gasteiger partial charge is 0.504 e. The Labute approximate surface area is 132 Å². The number of nitro groups is 1. The van der Waals surface area contributed by atoms with Gasteiger partial charge in [-0.3, -0.25) is 10.1 Å². The number of hydrogen-bond donors (Lipinski definition) is 2. The van der Waals surface area contributed by atoms with Crippen molar-refractivity contribution in [3.63, 3.8) is 0 Å². The van der Waals surface area contributed by atoms with Gasteiger partial charge in [0.15, 0.2) is 11.5 Å². The highest BCUT2D eigenvalue weighted by atomic mass is 35.5. The molecule has 0 unspecified atom stereocenters. The van der Waals surface area contributed by atoms with Crippen molar-refractivity contribution in [1.82, 2.24) is 0 Å². The molecule has 0 heterocycles. The minimum Gasteiger partial charge on any atom is -0.504 e. The Balaban J connectivity index is 2.22. The van der Waals surface area contributed by atoms with Crippen LogP contribution in [0, 0.1) is 17.0 Å². The molecule has 6 nitrogen and oxygen atoms in total. The highest BCUT2D eigenvalue weighted by Gasteiger charge is 2.15. The van der Waals surface area contributed by atoms with Crippen LogP contribution < -0.4 is 10.1 Å². The molecular weight excluding hydrogens is 308 g/mol. The second-order valence-electron chi connectivity index (χ2n) is 4.70. The Morgan fingerprint density at radius 3 is 2.77 bits per heavy atom. The number of aryl methyl sites for hydroxylation is 1. The Kier molecular flexibility index (Phi) is 4.72. The summed E-state index contributed by atoms with van der Waals surface area (Å²) in [5.74, 6) is 0.428. The molecule has 2 aromatic carbocycles. The van der Waals surface area contributed by atoms with Crippen LogP contribution >= 0.6 is 11.6 Å². The third-order valence-corrected chi connectivity index (χ3v) is 3.57. The van der Waals surface area contributed by atoms with Gasteiger partial charge in [-0.1, -0.05) is 23.7 Å². The van der Waals surface area contributed by atoms with E-state index in [-0.39, 0.29) is 16.5 Å². The van der Waals surface area contributed by atoms with Crippen molar-refractivity contribution >= 4 is 23.0 Å². The lowest BCUT2D eigenvalue weighted by atomic mass is 10.1. The van der Waals surface area contributed by atoms with E-state index in [1.54, 1.807) is 31.2 Å². The number of aromatic hydroxyl groups is 1. The molecule has 0 aliphatic rings. The van der Waals surface area contributed by atoms with E-state index in [9.17, 15) is 15.2 Å². The number of anilines is 1. The van der Waals surface area contributed by atoms with Crippen molar-refractivity contribution in [1.29, 1.82) is 0 Å². The highest BCUT2D eigenvalue weighted by Crippen LogP contribution is 2.33. The minimum absolute atomic E-state index is 0.0280. The Morgan fingerprint density at radius 1 is 1.41 bits per heavy atom. The van der Waals surface area contributed by atoms with Gasteiger partial charge >= 0.3 is 0 Å². The van der Waals surface area contributed by atoms with Crippen LogP contribution in [0.2, 0.25) is 5.02 Å². The van der Waals surface area contributed by atoms with E-state index in [4.69, 9.17) is 16.3 Å². The van der Waals surface area contributed by atoms with Crippen LogP contribution in [0.15, 0.2) is 30.3 Å². The number of rotatable bonds is 5. The number of para-hydroxylation sites is 1. The first-order valence-electron chi connectivity index (χ1n) is 6.47. The SMILES string of the molecule is COc1cccc(CNc2cc(C)c([N+](=O)[O-])cc2Cl)c1O. The molecule has 0 bridgehead atoms. The standard InChI is InChI=1S/C15H15ClN2O4/c1-9-6-12(11(16)7-13(9)18(20)21)17-8-10-4-3-5-14(22-2)15(10)19/h3-7,17,19H,8H2,1-2H3. The third-order valence-electron chi connectivity index (χ3n) is 3.25. The number of ether oxygens (including phenoxy) is 1.